The number of nitrogens with zero attached hydrogens (tertiary/aromatic N) is 1. The second kappa shape index (κ2) is 4.31. The van der Waals surface area contributed by atoms with Gasteiger partial charge in [-0.1, -0.05) is 20.1 Å². The van der Waals surface area contributed by atoms with Gasteiger partial charge in [0.05, 0.1) is 0 Å². The van der Waals surface area contributed by atoms with Crippen LogP contribution in [0.25, 0.3) is 0 Å². The molecule has 0 rings (SSSR count). The molecule has 0 unspecified atom stereocenters. The van der Waals surface area contributed by atoms with Gasteiger partial charge in [0.2, 0.25) is 0 Å². The molecule has 0 aliphatic rings. The van der Waals surface area contributed by atoms with Gasteiger partial charge in [-0.3, -0.25) is 4.99 Å². The van der Waals surface area contributed by atoms with Gasteiger partial charge in [-0.15, -0.1) is 0 Å². The Hall–Kier alpha value is -0.850. The van der Waals surface area contributed by atoms with Crippen molar-refractivity contribution in [3.8, 4) is 0 Å². The largest absolute Gasteiger partial charge is 0.265 e. The molecule has 0 heterocycles. The fourth-order valence-electron chi connectivity index (χ4n) is 0.249. The molecule has 0 bridgehead atoms. The molecule has 0 N–H and O–H groups in total. The van der Waals surface area contributed by atoms with Crippen molar-refractivity contribution in [1.29, 1.82) is 0 Å². The van der Waals surface area contributed by atoms with Crippen LogP contribution in [0.15, 0.2) is 29.9 Å². The first-order valence-corrected chi connectivity index (χ1v) is 2.63. The highest BCUT2D eigenvalue weighted by molar-refractivity contribution is 5.77. The van der Waals surface area contributed by atoms with E-state index in [9.17, 15) is 0 Å². The van der Waals surface area contributed by atoms with Gasteiger partial charge in [-0.2, -0.15) is 0 Å². The highest BCUT2D eigenvalue weighted by atomic mass is 14.7. The Morgan fingerprint density at radius 2 is 2.38 bits per heavy atom. The lowest BCUT2D eigenvalue weighted by Gasteiger charge is -1.85. The maximum Gasteiger partial charge on any atom is 0.0293 e. The molecule has 0 aromatic carbocycles. The molecule has 0 amide bonds. The Bertz CT molecular complexity index is 112. The normalized spacial score (nSPS) is 9.62. The second-order valence-electron chi connectivity index (χ2n) is 1.47. The first kappa shape index (κ1) is 7.15. The summed E-state index contributed by atoms with van der Waals surface area (Å²) in [6.07, 6.45) is 4.17. The minimum absolute atomic E-state index is 0.956. The molecule has 8 heavy (non-hydrogen) atoms. The Balaban J connectivity index is 3.52. The summed E-state index contributed by atoms with van der Waals surface area (Å²) in [5.74, 6) is 0. The lowest BCUT2D eigenvalue weighted by Crippen LogP contribution is -1.75. The summed E-state index contributed by atoms with van der Waals surface area (Å²) in [7, 11) is 0. The van der Waals surface area contributed by atoms with Crippen molar-refractivity contribution in [2.45, 2.75) is 13.3 Å². The Morgan fingerprint density at radius 3 is 2.75 bits per heavy atom. The van der Waals surface area contributed by atoms with E-state index in [1.54, 1.807) is 6.21 Å². The fourth-order valence-corrected chi connectivity index (χ4v) is 0.249. The van der Waals surface area contributed by atoms with Gasteiger partial charge in [0.25, 0.3) is 0 Å². The van der Waals surface area contributed by atoms with Crippen molar-refractivity contribution >= 4 is 6.21 Å². The number of hydrogen-bond donors (Lipinski definition) is 0. The highest BCUT2D eigenvalue weighted by Crippen LogP contribution is 1.89. The molecule has 0 atom stereocenters. The average Bonchev–Trinajstić information content (AvgIpc) is 1.83. The van der Waals surface area contributed by atoms with Gasteiger partial charge in [0, 0.05) is 12.4 Å². The predicted octanol–water partition coefficient (Wildman–Crippen LogP) is 2.17. The second-order valence-corrected chi connectivity index (χ2v) is 1.47. The molecule has 0 fully saturated rings. The molecule has 0 aromatic rings. The zero-order chi connectivity index (χ0) is 6.41. The van der Waals surface area contributed by atoms with Gasteiger partial charge >= 0.3 is 0 Å². The Kier molecular flexibility index (Phi) is 3.85. The monoisotopic (exact) mass is 109 g/mol. The van der Waals surface area contributed by atoms with Crippen molar-refractivity contribution in [3.05, 3.63) is 24.9 Å². The Labute approximate surface area is 50.4 Å². The molecule has 0 saturated carbocycles. The molecule has 0 spiro atoms. The standard InChI is InChI=1S/C7H11N/c1-4-7(3)6-8-5-2/h5-6H,2-4H2,1H3/b8-6-. The van der Waals surface area contributed by atoms with Crippen LogP contribution in [0.3, 0.4) is 0 Å². The van der Waals surface area contributed by atoms with Crippen molar-refractivity contribution in [1.82, 2.24) is 0 Å². The van der Waals surface area contributed by atoms with E-state index in [4.69, 9.17) is 0 Å². The third-order valence-corrected chi connectivity index (χ3v) is 0.817. The maximum atomic E-state index is 3.78. The molecular formula is C7H11N. The van der Waals surface area contributed by atoms with E-state index in [1.165, 1.54) is 6.20 Å². The number of allylic oxidation sites excluding steroid dienone is 1. The average molecular weight is 109 g/mol. The minimum atomic E-state index is 0.956. The summed E-state index contributed by atoms with van der Waals surface area (Å²) in [6, 6.07) is 0. The van der Waals surface area contributed by atoms with Gasteiger partial charge in [0.1, 0.15) is 0 Å². The zero-order valence-electron chi connectivity index (χ0n) is 5.22. The molecule has 0 aliphatic heterocycles. The number of aliphatic imine (C=N–C) groups is 1. The maximum absolute atomic E-state index is 3.78. The van der Waals surface area contributed by atoms with Crippen LogP contribution in [0.4, 0.5) is 0 Å². The van der Waals surface area contributed by atoms with Crippen LogP contribution in [0.1, 0.15) is 13.3 Å². The summed E-state index contributed by atoms with van der Waals surface area (Å²) >= 11 is 0. The molecule has 44 valence electrons. The molecule has 0 saturated heterocycles. The van der Waals surface area contributed by atoms with Crippen molar-refractivity contribution < 1.29 is 0 Å². The van der Waals surface area contributed by atoms with Crippen LogP contribution in [-0.4, -0.2) is 6.21 Å². The lowest BCUT2D eigenvalue weighted by molar-refractivity contribution is 1.19. The Morgan fingerprint density at radius 1 is 1.75 bits per heavy atom. The summed E-state index contributed by atoms with van der Waals surface area (Å²) in [5, 5.41) is 0. The molecule has 1 nitrogen and oxygen atoms in total. The topological polar surface area (TPSA) is 12.4 Å². The van der Waals surface area contributed by atoms with E-state index in [1.807, 2.05) is 6.92 Å². The highest BCUT2D eigenvalue weighted by Gasteiger charge is 1.77. The summed E-state index contributed by atoms with van der Waals surface area (Å²) < 4.78 is 0. The van der Waals surface area contributed by atoms with Crippen molar-refractivity contribution in [3.63, 3.8) is 0 Å². The summed E-state index contributed by atoms with van der Waals surface area (Å²) in [6.45, 7) is 9.18. The molecule has 0 aliphatic carbocycles. The van der Waals surface area contributed by atoms with E-state index in [-0.39, 0.29) is 0 Å². The minimum Gasteiger partial charge on any atom is -0.265 e. The van der Waals surface area contributed by atoms with E-state index in [0.29, 0.717) is 0 Å². The fraction of sp³-hybridized carbons (Fsp3) is 0.286. The van der Waals surface area contributed by atoms with Gasteiger partial charge in [-0.05, 0) is 12.0 Å². The first-order chi connectivity index (χ1) is 3.81. The summed E-state index contributed by atoms with van der Waals surface area (Å²) in [5.41, 5.74) is 1.03. The third kappa shape index (κ3) is 3.34. The van der Waals surface area contributed by atoms with Gasteiger partial charge < -0.3 is 0 Å². The van der Waals surface area contributed by atoms with Gasteiger partial charge in [-0.25, -0.2) is 0 Å². The SMILES string of the molecule is C=C/N=C\C(=C)CC. The summed E-state index contributed by atoms with van der Waals surface area (Å²) in [4.78, 5) is 3.78. The van der Waals surface area contributed by atoms with Crippen molar-refractivity contribution in [2.24, 2.45) is 4.99 Å². The number of rotatable bonds is 3. The van der Waals surface area contributed by atoms with Crippen LogP contribution >= 0.6 is 0 Å². The molecule has 0 radical (unpaired) electrons. The smallest absolute Gasteiger partial charge is 0.0293 e. The van der Waals surface area contributed by atoms with Crippen LogP contribution in [-0.2, 0) is 0 Å². The third-order valence-electron chi connectivity index (χ3n) is 0.817. The van der Waals surface area contributed by atoms with Crippen LogP contribution < -0.4 is 0 Å². The quantitative estimate of drug-likeness (QED) is 0.492. The van der Waals surface area contributed by atoms with Crippen LogP contribution in [0.2, 0.25) is 0 Å². The van der Waals surface area contributed by atoms with Crippen molar-refractivity contribution in [2.75, 3.05) is 0 Å². The van der Waals surface area contributed by atoms with E-state index < -0.39 is 0 Å². The first-order valence-electron chi connectivity index (χ1n) is 2.63. The molecular weight excluding hydrogens is 98.1 g/mol. The van der Waals surface area contributed by atoms with Crippen LogP contribution in [0, 0.1) is 0 Å². The van der Waals surface area contributed by atoms with E-state index >= 15 is 0 Å². The lowest BCUT2D eigenvalue weighted by atomic mass is 10.3. The molecule has 1 heteroatoms. The van der Waals surface area contributed by atoms with E-state index in [2.05, 4.69) is 18.2 Å². The molecule has 0 aromatic heterocycles. The zero-order valence-corrected chi connectivity index (χ0v) is 5.22. The predicted molar refractivity (Wildman–Crippen MR) is 38.1 cm³/mol. The van der Waals surface area contributed by atoms with Crippen LogP contribution in [0.5, 0.6) is 0 Å². The van der Waals surface area contributed by atoms with E-state index in [0.717, 1.165) is 12.0 Å². The number of hydrogen-bond acceptors (Lipinski definition) is 1. The van der Waals surface area contributed by atoms with Gasteiger partial charge in [0.15, 0.2) is 0 Å².